The third-order valence-corrected chi connectivity index (χ3v) is 1.74. The molecule has 0 aromatic heterocycles. The molecule has 1 aromatic rings. The summed E-state index contributed by atoms with van der Waals surface area (Å²) in [6.07, 6.45) is 0. The Bertz CT molecular complexity index is 208. The molecule has 0 heterocycles. The van der Waals surface area contributed by atoms with Gasteiger partial charge >= 0.3 is 0 Å². The maximum Gasteiger partial charge on any atom is 0.0406 e. The number of rotatable bonds is 3. The molecule has 0 unspecified atom stereocenters. The molecular formula is C9H13Cl2N. The van der Waals surface area contributed by atoms with Gasteiger partial charge in [0.05, 0.1) is 0 Å². The molecule has 1 nitrogen and oxygen atoms in total. The molecule has 0 atom stereocenters. The van der Waals surface area contributed by atoms with Gasteiger partial charge in [-0.2, -0.15) is 0 Å². The highest BCUT2D eigenvalue weighted by Crippen LogP contribution is 2.08. The Hall–Kier alpha value is -0.240. The van der Waals surface area contributed by atoms with E-state index >= 15 is 0 Å². The van der Waals surface area contributed by atoms with Crippen molar-refractivity contribution in [2.45, 2.75) is 13.5 Å². The zero-order valence-electron chi connectivity index (χ0n) is 7.01. The second-order valence-electron chi connectivity index (χ2n) is 2.41. The minimum absolute atomic E-state index is 0. The van der Waals surface area contributed by atoms with E-state index in [0.29, 0.717) is 0 Å². The van der Waals surface area contributed by atoms with Crippen LogP contribution in [0.1, 0.15) is 12.5 Å². The van der Waals surface area contributed by atoms with E-state index in [1.807, 2.05) is 24.3 Å². The first-order chi connectivity index (χ1) is 5.33. The average molecular weight is 206 g/mol. The molecule has 0 saturated heterocycles. The van der Waals surface area contributed by atoms with Gasteiger partial charge in [0.1, 0.15) is 0 Å². The Morgan fingerprint density at radius 2 is 1.83 bits per heavy atom. The lowest BCUT2D eigenvalue weighted by Gasteiger charge is -2.00. The number of benzene rings is 1. The Balaban J connectivity index is 0.00000121. The zero-order chi connectivity index (χ0) is 8.10. The van der Waals surface area contributed by atoms with Crippen LogP contribution in [0.2, 0.25) is 5.02 Å². The van der Waals surface area contributed by atoms with Crippen LogP contribution in [-0.2, 0) is 6.54 Å². The quantitative estimate of drug-likeness (QED) is 0.801. The van der Waals surface area contributed by atoms with Crippen LogP contribution in [0.5, 0.6) is 0 Å². The summed E-state index contributed by atoms with van der Waals surface area (Å²) in [6, 6.07) is 7.89. The van der Waals surface area contributed by atoms with Gasteiger partial charge in [0, 0.05) is 11.6 Å². The molecule has 1 N–H and O–H groups in total. The van der Waals surface area contributed by atoms with E-state index in [1.165, 1.54) is 5.56 Å². The molecule has 0 saturated carbocycles. The van der Waals surface area contributed by atoms with Crippen molar-refractivity contribution in [3.8, 4) is 0 Å². The van der Waals surface area contributed by atoms with Gasteiger partial charge < -0.3 is 5.32 Å². The summed E-state index contributed by atoms with van der Waals surface area (Å²) >= 11 is 5.73. The SMILES string of the molecule is CCNCc1ccc(Cl)cc1.Cl. The molecule has 0 bridgehead atoms. The zero-order valence-corrected chi connectivity index (χ0v) is 8.58. The maximum absolute atomic E-state index is 5.73. The van der Waals surface area contributed by atoms with Gasteiger partial charge in [-0.25, -0.2) is 0 Å². The van der Waals surface area contributed by atoms with Crippen molar-refractivity contribution >= 4 is 24.0 Å². The number of hydrogen-bond acceptors (Lipinski definition) is 1. The van der Waals surface area contributed by atoms with Crippen LogP contribution >= 0.6 is 24.0 Å². The predicted molar refractivity (Wildman–Crippen MR) is 56.1 cm³/mol. The van der Waals surface area contributed by atoms with E-state index in [1.54, 1.807) is 0 Å². The van der Waals surface area contributed by atoms with E-state index in [-0.39, 0.29) is 12.4 Å². The lowest BCUT2D eigenvalue weighted by atomic mass is 10.2. The molecule has 1 rings (SSSR count). The first-order valence-corrected chi connectivity index (χ1v) is 4.16. The summed E-state index contributed by atoms with van der Waals surface area (Å²) in [4.78, 5) is 0. The van der Waals surface area contributed by atoms with E-state index < -0.39 is 0 Å². The maximum atomic E-state index is 5.73. The fourth-order valence-electron chi connectivity index (χ4n) is 0.872. The van der Waals surface area contributed by atoms with Crippen molar-refractivity contribution in [3.63, 3.8) is 0 Å². The van der Waals surface area contributed by atoms with Gasteiger partial charge in [-0.1, -0.05) is 30.7 Å². The molecule has 0 aliphatic heterocycles. The highest BCUT2D eigenvalue weighted by molar-refractivity contribution is 6.30. The smallest absolute Gasteiger partial charge is 0.0406 e. The van der Waals surface area contributed by atoms with Crippen LogP contribution < -0.4 is 5.32 Å². The van der Waals surface area contributed by atoms with E-state index in [0.717, 1.165) is 18.1 Å². The van der Waals surface area contributed by atoms with Gasteiger partial charge in [-0.05, 0) is 24.2 Å². The summed E-state index contributed by atoms with van der Waals surface area (Å²) in [5.41, 5.74) is 1.27. The summed E-state index contributed by atoms with van der Waals surface area (Å²) in [6.45, 7) is 4.02. The van der Waals surface area contributed by atoms with Gasteiger partial charge in [-0.3, -0.25) is 0 Å². The van der Waals surface area contributed by atoms with Crippen LogP contribution in [0.15, 0.2) is 24.3 Å². The van der Waals surface area contributed by atoms with Crippen molar-refractivity contribution in [1.82, 2.24) is 5.32 Å². The van der Waals surface area contributed by atoms with Gasteiger partial charge in [-0.15, -0.1) is 12.4 Å². The Morgan fingerprint density at radius 3 is 2.33 bits per heavy atom. The first-order valence-electron chi connectivity index (χ1n) is 3.78. The van der Waals surface area contributed by atoms with Crippen molar-refractivity contribution < 1.29 is 0 Å². The highest BCUT2D eigenvalue weighted by Gasteiger charge is 1.89. The molecule has 0 radical (unpaired) electrons. The Morgan fingerprint density at radius 1 is 1.25 bits per heavy atom. The van der Waals surface area contributed by atoms with Crippen molar-refractivity contribution in [1.29, 1.82) is 0 Å². The topological polar surface area (TPSA) is 12.0 Å². The molecule has 0 aliphatic carbocycles. The normalized spacial score (nSPS) is 9.17. The second kappa shape index (κ2) is 6.30. The average Bonchev–Trinajstić information content (AvgIpc) is 2.04. The number of hydrogen-bond donors (Lipinski definition) is 1. The van der Waals surface area contributed by atoms with Crippen molar-refractivity contribution in [3.05, 3.63) is 34.9 Å². The summed E-state index contributed by atoms with van der Waals surface area (Å²) < 4.78 is 0. The largest absolute Gasteiger partial charge is 0.313 e. The third kappa shape index (κ3) is 3.96. The van der Waals surface area contributed by atoms with Crippen LogP contribution in [0.25, 0.3) is 0 Å². The molecule has 0 fully saturated rings. The number of nitrogens with one attached hydrogen (secondary N) is 1. The predicted octanol–water partition coefficient (Wildman–Crippen LogP) is 2.87. The van der Waals surface area contributed by atoms with E-state index in [4.69, 9.17) is 11.6 Å². The Kier molecular flexibility index (Phi) is 6.17. The molecule has 3 heteroatoms. The molecular weight excluding hydrogens is 193 g/mol. The highest BCUT2D eigenvalue weighted by atomic mass is 35.5. The molecule has 0 aliphatic rings. The molecule has 0 spiro atoms. The third-order valence-electron chi connectivity index (χ3n) is 1.49. The monoisotopic (exact) mass is 205 g/mol. The second-order valence-corrected chi connectivity index (χ2v) is 2.84. The molecule has 12 heavy (non-hydrogen) atoms. The lowest BCUT2D eigenvalue weighted by Crippen LogP contribution is -2.11. The standard InChI is InChI=1S/C9H12ClN.ClH/c1-2-11-7-8-3-5-9(10)6-4-8;/h3-6,11H,2,7H2,1H3;1H. The van der Waals surface area contributed by atoms with Crippen molar-refractivity contribution in [2.24, 2.45) is 0 Å². The van der Waals surface area contributed by atoms with Crippen LogP contribution in [0.4, 0.5) is 0 Å². The Labute approximate surface area is 84.5 Å². The molecule has 68 valence electrons. The molecule has 1 aromatic carbocycles. The van der Waals surface area contributed by atoms with Crippen molar-refractivity contribution in [2.75, 3.05) is 6.54 Å². The molecule has 0 amide bonds. The van der Waals surface area contributed by atoms with Gasteiger partial charge in [0.2, 0.25) is 0 Å². The van der Waals surface area contributed by atoms with Crippen LogP contribution in [0, 0.1) is 0 Å². The summed E-state index contributed by atoms with van der Waals surface area (Å²) in [5, 5.41) is 4.04. The van der Waals surface area contributed by atoms with Crippen LogP contribution in [0.3, 0.4) is 0 Å². The van der Waals surface area contributed by atoms with E-state index in [9.17, 15) is 0 Å². The fraction of sp³-hybridized carbons (Fsp3) is 0.333. The minimum Gasteiger partial charge on any atom is -0.313 e. The minimum atomic E-state index is 0. The summed E-state index contributed by atoms with van der Waals surface area (Å²) in [7, 11) is 0. The van der Waals surface area contributed by atoms with Gasteiger partial charge in [0.15, 0.2) is 0 Å². The summed E-state index contributed by atoms with van der Waals surface area (Å²) in [5.74, 6) is 0. The fourth-order valence-corrected chi connectivity index (χ4v) is 0.998. The first kappa shape index (κ1) is 11.8. The van der Waals surface area contributed by atoms with Crippen LogP contribution in [-0.4, -0.2) is 6.54 Å². The van der Waals surface area contributed by atoms with E-state index in [2.05, 4.69) is 12.2 Å². The van der Waals surface area contributed by atoms with Gasteiger partial charge in [0.25, 0.3) is 0 Å². The number of halogens is 2. The lowest BCUT2D eigenvalue weighted by molar-refractivity contribution is 0.727.